The van der Waals surface area contributed by atoms with Crippen LogP contribution in [-0.2, 0) is 6.42 Å². The van der Waals surface area contributed by atoms with E-state index in [1.165, 1.54) is 5.69 Å². The molecule has 0 aliphatic carbocycles. The van der Waals surface area contributed by atoms with E-state index >= 15 is 0 Å². The fourth-order valence-corrected chi connectivity index (χ4v) is 3.54. The zero-order chi connectivity index (χ0) is 17.5. The van der Waals surface area contributed by atoms with E-state index in [9.17, 15) is 0 Å². The number of H-pyrrole nitrogens is 1. The smallest absolute Gasteiger partial charge is 0.154 e. The molecular weight excluding hydrogens is 326 g/mol. The first-order valence-corrected chi connectivity index (χ1v) is 8.77. The summed E-state index contributed by atoms with van der Waals surface area (Å²) in [5.41, 5.74) is 5.14. The van der Waals surface area contributed by atoms with Gasteiger partial charge in [0, 0.05) is 30.4 Å². The largest absolute Gasteiger partial charge is 0.460 e. The van der Waals surface area contributed by atoms with Crippen LogP contribution in [0.3, 0.4) is 0 Å². The molecule has 0 fully saturated rings. The third kappa shape index (κ3) is 2.46. The quantitative estimate of drug-likeness (QED) is 0.597. The second kappa shape index (κ2) is 6.00. The van der Waals surface area contributed by atoms with E-state index in [0.717, 1.165) is 47.1 Å². The Morgan fingerprint density at radius 1 is 1.15 bits per heavy atom. The number of aromatic nitrogens is 4. The minimum atomic E-state index is -0.0112. The summed E-state index contributed by atoms with van der Waals surface area (Å²) >= 11 is 0. The Balaban J connectivity index is 1.68. The normalized spacial score (nSPS) is 16.6. The Labute approximate surface area is 150 Å². The Morgan fingerprint density at radius 3 is 2.85 bits per heavy atom. The molecule has 0 spiro atoms. The van der Waals surface area contributed by atoms with Gasteiger partial charge in [-0.2, -0.15) is 5.10 Å². The monoisotopic (exact) mass is 345 g/mol. The van der Waals surface area contributed by atoms with Crippen molar-refractivity contribution in [3.05, 3.63) is 77.7 Å². The first-order valence-electron chi connectivity index (χ1n) is 8.77. The van der Waals surface area contributed by atoms with Gasteiger partial charge in [0.25, 0.3) is 0 Å². The topological polar surface area (TPSA) is 71.7 Å². The fraction of sp³-hybridized carbons (Fsp3) is 0.200. The molecule has 0 unspecified atom stereocenters. The maximum atomic E-state index is 5.89. The summed E-state index contributed by atoms with van der Waals surface area (Å²) in [5, 5.41) is 8.42. The van der Waals surface area contributed by atoms with Crippen LogP contribution in [0.4, 0.5) is 0 Å². The Bertz CT molecular complexity index is 1040. The van der Waals surface area contributed by atoms with E-state index in [-0.39, 0.29) is 6.04 Å². The molecule has 2 N–H and O–H groups in total. The number of imidazole rings is 1. The molecular formula is C20H19N5O. The lowest BCUT2D eigenvalue weighted by Crippen LogP contribution is -2.30. The average Bonchev–Trinajstić information content (AvgIpc) is 3.40. The minimum absolute atomic E-state index is 0.0112. The highest BCUT2D eigenvalue weighted by molar-refractivity contribution is 5.60. The molecule has 3 aromatic heterocycles. The third-order valence-corrected chi connectivity index (χ3v) is 4.80. The summed E-state index contributed by atoms with van der Waals surface area (Å²) in [6.45, 7) is 2.84. The molecule has 4 heterocycles. The van der Waals surface area contributed by atoms with Crippen molar-refractivity contribution in [2.24, 2.45) is 0 Å². The number of fused-ring (bicyclic) bond motifs is 1. The number of hydrogen-bond donors (Lipinski definition) is 2. The molecule has 130 valence electrons. The van der Waals surface area contributed by atoms with Gasteiger partial charge in [-0.15, -0.1) is 0 Å². The van der Waals surface area contributed by atoms with E-state index in [1.54, 1.807) is 6.33 Å². The summed E-state index contributed by atoms with van der Waals surface area (Å²) in [7, 11) is 0. The second-order valence-corrected chi connectivity index (χ2v) is 6.53. The highest BCUT2D eigenvalue weighted by atomic mass is 16.3. The van der Waals surface area contributed by atoms with Crippen molar-refractivity contribution in [2.45, 2.75) is 19.4 Å². The van der Waals surface area contributed by atoms with Gasteiger partial charge in [-0.25, -0.2) is 9.67 Å². The molecule has 5 rings (SSSR count). The molecule has 26 heavy (non-hydrogen) atoms. The standard InChI is InChI=1S/C20H19N5O/c1-13-7-8-17(26-13)18-15(11-25(24-18)14-5-3-2-4-6-14)19-20-16(9-10-21-19)22-12-23-20/h2-8,11-12,19,21H,9-10H2,1H3,(H,22,23)/t19-/m1/s1. The highest BCUT2D eigenvalue weighted by Crippen LogP contribution is 2.34. The molecule has 6 nitrogen and oxygen atoms in total. The molecule has 0 saturated carbocycles. The lowest BCUT2D eigenvalue weighted by molar-refractivity contribution is 0.536. The zero-order valence-electron chi connectivity index (χ0n) is 14.4. The Morgan fingerprint density at radius 2 is 2.04 bits per heavy atom. The minimum Gasteiger partial charge on any atom is -0.460 e. The van der Waals surface area contributed by atoms with Crippen molar-refractivity contribution in [2.75, 3.05) is 6.54 Å². The number of hydrogen-bond acceptors (Lipinski definition) is 4. The van der Waals surface area contributed by atoms with Crippen molar-refractivity contribution in [3.63, 3.8) is 0 Å². The third-order valence-electron chi connectivity index (χ3n) is 4.80. The number of aryl methyl sites for hydroxylation is 1. The van der Waals surface area contributed by atoms with Gasteiger partial charge < -0.3 is 14.7 Å². The van der Waals surface area contributed by atoms with Gasteiger partial charge in [0.1, 0.15) is 11.5 Å². The molecule has 0 amide bonds. The Hall–Kier alpha value is -3.12. The highest BCUT2D eigenvalue weighted by Gasteiger charge is 2.29. The second-order valence-electron chi connectivity index (χ2n) is 6.53. The van der Waals surface area contributed by atoms with Gasteiger partial charge in [0.05, 0.1) is 23.8 Å². The van der Waals surface area contributed by atoms with Crippen LogP contribution in [0.5, 0.6) is 0 Å². The van der Waals surface area contributed by atoms with Crippen LogP contribution < -0.4 is 5.32 Å². The molecule has 0 saturated heterocycles. The van der Waals surface area contributed by atoms with Gasteiger partial charge in [-0.05, 0) is 31.2 Å². The van der Waals surface area contributed by atoms with Gasteiger partial charge in [-0.3, -0.25) is 0 Å². The number of nitrogens with one attached hydrogen (secondary N) is 2. The molecule has 1 aliphatic rings. The predicted molar refractivity (Wildman–Crippen MR) is 98.1 cm³/mol. The molecule has 1 aliphatic heterocycles. The SMILES string of the molecule is Cc1ccc(-c2nn(-c3ccccc3)cc2[C@H]2NCCc3[nH]cnc32)o1. The van der Waals surface area contributed by atoms with E-state index in [0.29, 0.717) is 0 Å². The molecule has 6 heteroatoms. The number of benzene rings is 1. The van der Waals surface area contributed by atoms with Crippen LogP contribution in [0.2, 0.25) is 0 Å². The first kappa shape index (κ1) is 15.2. The molecule has 1 atom stereocenters. The average molecular weight is 345 g/mol. The molecule has 4 aromatic rings. The molecule has 0 bridgehead atoms. The lowest BCUT2D eigenvalue weighted by Gasteiger charge is -2.22. The number of rotatable bonds is 3. The maximum Gasteiger partial charge on any atom is 0.154 e. The van der Waals surface area contributed by atoms with Crippen LogP contribution in [0.15, 0.2) is 59.4 Å². The summed E-state index contributed by atoms with van der Waals surface area (Å²) in [4.78, 5) is 7.81. The van der Waals surface area contributed by atoms with Crippen molar-refractivity contribution in [1.82, 2.24) is 25.1 Å². The van der Waals surface area contributed by atoms with Crippen LogP contribution in [0.25, 0.3) is 17.1 Å². The van der Waals surface area contributed by atoms with Crippen LogP contribution in [-0.4, -0.2) is 26.3 Å². The summed E-state index contributed by atoms with van der Waals surface area (Å²) in [6.07, 6.45) is 4.79. The number of para-hydroxylation sites is 1. The van der Waals surface area contributed by atoms with Gasteiger partial charge in [0.2, 0.25) is 0 Å². The lowest BCUT2D eigenvalue weighted by atomic mass is 9.98. The van der Waals surface area contributed by atoms with Gasteiger partial charge in [-0.1, -0.05) is 18.2 Å². The number of aromatic amines is 1. The number of furan rings is 1. The zero-order valence-corrected chi connectivity index (χ0v) is 14.4. The van der Waals surface area contributed by atoms with Crippen molar-refractivity contribution >= 4 is 0 Å². The number of nitrogens with zero attached hydrogens (tertiary/aromatic N) is 3. The van der Waals surface area contributed by atoms with Crippen molar-refractivity contribution < 1.29 is 4.42 Å². The van der Waals surface area contributed by atoms with Crippen molar-refractivity contribution in [1.29, 1.82) is 0 Å². The Kier molecular flexibility index (Phi) is 3.50. The summed E-state index contributed by atoms with van der Waals surface area (Å²) in [5.74, 6) is 1.65. The fourth-order valence-electron chi connectivity index (χ4n) is 3.54. The van der Waals surface area contributed by atoms with Crippen LogP contribution in [0.1, 0.15) is 28.8 Å². The predicted octanol–water partition coefficient (Wildman–Crippen LogP) is 3.40. The molecule has 0 radical (unpaired) electrons. The summed E-state index contributed by atoms with van der Waals surface area (Å²) in [6, 6.07) is 14.0. The van der Waals surface area contributed by atoms with Crippen LogP contribution in [0, 0.1) is 6.92 Å². The van der Waals surface area contributed by atoms with E-state index < -0.39 is 0 Å². The van der Waals surface area contributed by atoms with Gasteiger partial charge >= 0.3 is 0 Å². The molecule has 1 aromatic carbocycles. The van der Waals surface area contributed by atoms with E-state index in [4.69, 9.17) is 9.52 Å². The first-order chi connectivity index (χ1) is 12.8. The van der Waals surface area contributed by atoms with Crippen LogP contribution >= 0.6 is 0 Å². The summed E-state index contributed by atoms with van der Waals surface area (Å²) < 4.78 is 7.80. The van der Waals surface area contributed by atoms with Gasteiger partial charge in [0.15, 0.2) is 5.76 Å². The van der Waals surface area contributed by atoms with E-state index in [2.05, 4.69) is 21.5 Å². The van der Waals surface area contributed by atoms with E-state index in [1.807, 2.05) is 54.1 Å². The maximum absolute atomic E-state index is 5.89. The van der Waals surface area contributed by atoms with Crippen molar-refractivity contribution in [3.8, 4) is 17.1 Å².